The normalized spacial score (nSPS) is 23.0. The van der Waals surface area contributed by atoms with E-state index in [1.807, 2.05) is 10.6 Å². The summed E-state index contributed by atoms with van der Waals surface area (Å²) in [5.41, 5.74) is 4.93. The quantitative estimate of drug-likeness (QED) is 0.689. The summed E-state index contributed by atoms with van der Waals surface area (Å²) in [6, 6.07) is 10.7. The molecule has 2 atom stereocenters. The Balaban J connectivity index is 1.42. The van der Waals surface area contributed by atoms with Crippen molar-refractivity contribution in [3.8, 4) is 17.0 Å². The highest BCUT2D eigenvalue weighted by Crippen LogP contribution is 2.38. The van der Waals surface area contributed by atoms with Gasteiger partial charge >= 0.3 is 0 Å². The largest absolute Gasteiger partial charge is 0.491 e. The van der Waals surface area contributed by atoms with Gasteiger partial charge in [0.05, 0.1) is 25.5 Å². The second-order valence-electron chi connectivity index (χ2n) is 8.90. The molecule has 0 amide bonds. The lowest BCUT2D eigenvalue weighted by Crippen LogP contribution is -2.34. The fraction of sp³-hybridized carbons (Fsp3) is 0.560. The van der Waals surface area contributed by atoms with E-state index in [2.05, 4.69) is 25.1 Å². The van der Waals surface area contributed by atoms with Crippen LogP contribution in [0.3, 0.4) is 0 Å². The average molecular weight is 410 g/mol. The van der Waals surface area contributed by atoms with Gasteiger partial charge in [-0.15, -0.1) is 0 Å². The smallest absolute Gasteiger partial charge is 0.254 e. The molecule has 1 saturated carbocycles. The van der Waals surface area contributed by atoms with Crippen LogP contribution in [0, 0.1) is 5.92 Å². The van der Waals surface area contributed by atoms with Gasteiger partial charge < -0.3 is 18.8 Å². The van der Waals surface area contributed by atoms with Crippen LogP contribution < -0.4 is 10.3 Å². The Labute approximate surface area is 178 Å². The minimum absolute atomic E-state index is 0.0126. The zero-order valence-electron chi connectivity index (χ0n) is 17.8. The van der Waals surface area contributed by atoms with Crippen molar-refractivity contribution in [1.29, 1.82) is 0 Å². The molecule has 1 aliphatic carbocycles. The number of pyridine rings is 1. The third kappa shape index (κ3) is 4.19. The molecule has 1 unspecified atom stereocenters. The fourth-order valence-corrected chi connectivity index (χ4v) is 4.72. The number of aromatic nitrogens is 1. The van der Waals surface area contributed by atoms with Gasteiger partial charge in [0.25, 0.3) is 5.56 Å². The number of benzene rings is 1. The van der Waals surface area contributed by atoms with Gasteiger partial charge in [-0.1, -0.05) is 38.0 Å². The van der Waals surface area contributed by atoms with E-state index in [1.165, 1.54) is 30.4 Å². The number of hydrogen-bond donors (Lipinski definition) is 0. The monoisotopic (exact) mass is 409 g/mol. The van der Waals surface area contributed by atoms with Gasteiger partial charge in [-0.2, -0.15) is 0 Å². The average Bonchev–Trinajstić information content (AvgIpc) is 3.60. The van der Waals surface area contributed by atoms with E-state index in [4.69, 9.17) is 14.2 Å². The molecule has 0 N–H and O–H groups in total. The minimum Gasteiger partial charge on any atom is -0.491 e. The Bertz CT molecular complexity index is 956. The van der Waals surface area contributed by atoms with Gasteiger partial charge in [0.2, 0.25) is 0 Å². The molecule has 3 aliphatic rings. The third-order valence-corrected chi connectivity index (χ3v) is 6.64. The Hall–Kier alpha value is -2.11. The van der Waals surface area contributed by atoms with Crippen LogP contribution >= 0.6 is 0 Å². The molecular formula is C25H31NO4. The molecule has 2 aromatic rings. The summed E-state index contributed by atoms with van der Waals surface area (Å²) in [6.45, 7) is 4.32. The van der Waals surface area contributed by atoms with Gasteiger partial charge in [0.1, 0.15) is 18.5 Å². The van der Waals surface area contributed by atoms with Crippen molar-refractivity contribution in [3.63, 3.8) is 0 Å². The van der Waals surface area contributed by atoms with Gasteiger partial charge in [-0.3, -0.25) is 4.79 Å². The van der Waals surface area contributed by atoms with Crippen LogP contribution in [0.15, 0.2) is 35.1 Å². The lowest BCUT2D eigenvalue weighted by molar-refractivity contribution is -0.101. The molecule has 30 heavy (non-hydrogen) atoms. The molecule has 2 aliphatic heterocycles. The molecule has 2 fully saturated rings. The first-order valence-corrected chi connectivity index (χ1v) is 11.4. The Morgan fingerprint density at radius 2 is 2.07 bits per heavy atom. The van der Waals surface area contributed by atoms with E-state index in [1.54, 1.807) is 6.07 Å². The topological polar surface area (TPSA) is 49.7 Å². The first kappa shape index (κ1) is 19.8. The number of nitrogens with zero attached hydrogens (tertiary/aromatic N) is 1. The predicted octanol–water partition coefficient (Wildman–Crippen LogP) is 4.16. The second-order valence-corrected chi connectivity index (χ2v) is 8.90. The van der Waals surface area contributed by atoms with E-state index < -0.39 is 0 Å². The maximum atomic E-state index is 13.0. The van der Waals surface area contributed by atoms with E-state index in [0.29, 0.717) is 32.2 Å². The second kappa shape index (κ2) is 8.56. The summed E-state index contributed by atoms with van der Waals surface area (Å²) < 4.78 is 19.0. The number of hydrogen-bond acceptors (Lipinski definition) is 4. The lowest BCUT2D eigenvalue weighted by Gasteiger charge is -2.30. The number of aryl methyl sites for hydroxylation is 1. The van der Waals surface area contributed by atoms with Crippen LogP contribution in [0.2, 0.25) is 0 Å². The van der Waals surface area contributed by atoms with Crippen molar-refractivity contribution in [3.05, 3.63) is 51.8 Å². The number of fused-ring (bicyclic) bond motifs is 3. The maximum absolute atomic E-state index is 13.0. The third-order valence-electron chi connectivity index (χ3n) is 6.64. The first-order valence-electron chi connectivity index (χ1n) is 11.4. The first-order chi connectivity index (χ1) is 14.7. The van der Waals surface area contributed by atoms with Crippen LogP contribution in [-0.2, 0) is 22.3 Å². The van der Waals surface area contributed by atoms with Gasteiger partial charge in [0.15, 0.2) is 0 Å². The van der Waals surface area contributed by atoms with Crippen LogP contribution in [0.25, 0.3) is 11.3 Å². The van der Waals surface area contributed by atoms with Crippen LogP contribution in [0.4, 0.5) is 0 Å². The number of rotatable bonds is 7. The van der Waals surface area contributed by atoms with E-state index in [0.717, 1.165) is 36.4 Å². The van der Waals surface area contributed by atoms with Crippen molar-refractivity contribution in [2.75, 3.05) is 26.4 Å². The zero-order valence-corrected chi connectivity index (χ0v) is 17.8. The van der Waals surface area contributed by atoms with Gasteiger partial charge in [-0.05, 0) is 42.7 Å². The van der Waals surface area contributed by atoms with E-state index in [-0.39, 0.29) is 17.7 Å². The molecule has 1 aromatic carbocycles. The molecule has 0 radical (unpaired) electrons. The van der Waals surface area contributed by atoms with Crippen molar-refractivity contribution in [2.24, 2.45) is 5.92 Å². The predicted molar refractivity (Wildman–Crippen MR) is 116 cm³/mol. The summed E-state index contributed by atoms with van der Waals surface area (Å²) >= 11 is 0. The summed E-state index contributed by atoms with van der Waals surface area (Å²) in [6.07, 6.45) is 7.04. The summed E-state index contributed by atoms with van der Waals surface area (Å²) in [5.74, 6) is 1.56. The summed E-state index contributed by atoms with van der Waals surface area (Å²) in [4.78, 5) is 13.0. The minimum atomic E-state index is -0.0813. The van der Waals surface area contributed by atoms with Crippen molar-refractivity contribution in [2.45, 2.75) is 57.6 Å². The molecule has 0 spiro atoms. The van der Waals surface area contributed by atoms with Gasteiger partial charge in [-0.25, -0.2) is 0 Å². The van der Waals surface area contributed by atoms with Gasteiger partial charge in [0, 0.05) is 23.7 Å². The molecule has 0 bridgehead atoms. The highest BCUT2D eigenvalue weighted by atomic mass is 16.6. The molecule has 5 nitrogen and oxygen atoms in total. The Kier molecular flexibility index (Phi) is 5.66. The molecule has 5 rings (SSSR count). The summed E-state index contributed by atoms with van der Waals surface area (Å²) in [7, 11) is 0. The standard InChI is InChI=1S/C25H31NO4/c1-2-20-12-19-11-18(6-5-17-3-4-17)7-8-23(19)24-13-21(14-25(27)26(20)24)30-16-22-15-28-9-10-29-22/h7-8,11,13-14,17,20,22H,2-6,9-10,12,15-16H2,1H3/t20?,22-/m0/s1. The lowest BCUT2D eigenvalue weighted by atomic mass is 9.89. The molecule has 160 valence electrons. The zero-order chi connectivity index (χ0) is 20.5. The van der Waals surface area contributed by atoms with Crippen LogP contribution in [0.1, 0.15) is 49.8 Å². The van der Waals surface area contributed by atoms with Crippen molar-refractivity contribution < 1.29 is 14.2 Å². The van der Waals surface area contributed by atoms with E-state index >= 15 is 0 Å². The summed E-state index contributed by atoms with van der Waals surface area (Å²) in [5, 5.41) is 0. The molecule has 1 aromatic heterocycles. The maximum Gasteiger partial charge on any atom is 0.254 e. The van der Waals surface area contributed by atoms with E-state index in [9.17, 15) is 4.79 Å². The molecule has 1 saturated heterocycles. The number of ether oxygens (including phenoxy) is 3. The van der Waals surface area contributed by atoms with Crippen LogP contribution in [-0.4, -0.2) is 37.1 Å². The highest BCUT2D eigenvalue weighted by molar-refractivity contribution is 5.68. The SMILES string of the molecule is CCC1Cc2cc(CCC3CC3)ccc2-c2cc(OC[C@@H]3COCCO3)cc(=O)n21. The Morgan fingerprint density at radius 3 is 2.83 bits per heavy atom. The molecule has 3 heterocycles. The molecular weight excluding hydrogens is 378 g/mol. The molecule has 5 heteroatoms. The highest BCUT2D eigenvalue weighted by Gasteiger charge is 2.26. The Morgan fingerprint density at radius 1 is 1.17 bits per heavy atom. The van der Waals surface area contributed by atoms with Crippen LogP contribution in [0.5, 0.6) is 5.75 Å². The van der Waals surface area contributed by atoms with Crippen molar-refractivity contribution >= 4 is 0 Å². The van der Waals surface area contributed by atoms with Crippen molar-refractivity contribution in [1.82, 2.24) is 4.57 Å². The fourth-order valence-electron chi connectivity index (χ4n) is 4.72.